The summed E-state index contributed by atoms with van der Waals surface area (Å²) in [4.78, 5) is 2.31. The van der Waals surface area contributed by atoms with Gasteiger partial charge < -0.3 is 20.1 Å². The van der Waals surface area contributed by atoms with Gasteiger partial charge in [-0.1, -0.05) is 198 Å². The molecule has 6 aromatic carbocycles. The third-order valence-corrected chi connectivity index (χ3v) is 13.2. The first-order valence-electron chi connectivity index (χ1n) is 26.6. The molecule has 0 unspecified atom stereocenters. The van der Waals surface area contributed by atoms with E-state index in [2.05, 4.69) is 267 Å². The first-order chi connectivity index (χ1) is 36.9. The number of benzene rings is 6. The third-order valence-electron chi connectivity index (χ3n) is 13.2. The Morgan fingerprint density at radius 2 is 1.37 bits per heavy atom. The van der Waals surface area contributed by atoms with Crippen LogP contribution in [0, 0.1) is 0 Å². The molecule has 0 saturated carbocycles. The lowest BCUT2D eigenvalue weighted by molar-refractivity contribution is 0.575. The second kappa shape index (κ2) is 26.9. The molecule has 0 atom stereocenters. The number of aromatic nitrogens is 1. The summed E-state index contributed by atoms with van der Waals surface area (Å²) in [6.45, 7) is 22.8. The molecule has 0 fully saturated rings. The SMILES string of the molecule is C=C/C=C\C1=C(/C)N/C=C/C=C(N(C(/C=C\C)=C/C=C)C(/C=C\C)=C/CC)\C=C/c2c1c1c(c3ccccc23)c2ccccc2c2c1c1ccccc1n2-c1ccc(/C=C\C=C/C)cc1.CC.CNC1=CCCC=C1. The van der Waals surface area contributed by atoms with Crippen LogP contribution in [0.5, 0.6) is 0 Å². The number of para-hydroxylation sites is 1. The Kier molecular flexibility index (Phi) is 19.4. The van der Waals surface area contributed by atoms with Crippen molar-refractivity contribution < 1.29 is 0 Å². The van der Waals surface area contributed by atoms with E-state index in [9.17, 15) is 0 Å². The fourth-order valence-electron chi connectivity index (χ4n) is 10.1. The standard InChI is InChI=1S/C62H57N3.C7H11N.C2H6/c1-8-14-16-28-45-37-39-49(40-38-45)65-57-36-22-21-35-56(57)60-61-58-50(30-15-9-2)44(7)63-43-23-29-48(64(46(24-10-3)25-11-4)47(26-12-5)27-13-6)41-42-54(58)51-31-17-18-32-52(51)59(61)53-33-19-20-34-55(53)62(60)65;1-8-7-5-3-2-4-6-7;1-2/h8-12,14-43,63H,2-3,13H2,1,4-7H3;3,5-6,8H,2,4H2,1H3;1-2H3/b14-8-,25-11-,26-12-,28-16-,30-15-,42-41-,43-23+,46-24+,47-27+,48-29+,50-44-;;. The zero-order valence-electron chi connectivity index (χ0n) is 45.4. The number of nitrogens with zero attached hydrogens (tertiary/aromatic N) is 2. The Morgan fingerprint density at radius 3 is 2.01 bits per heavy atom. The predicted molar refractivity (Wildman–Crippen MR) is 333 cm³/mol. The van der Waals surface area contributed by atoms with E-state index in [0.717, 1.165) is 62.7 Å². The van der Waals surface area contributed by atoms with Gasteiger partial charge in [-0.2, -0.15) is 0 Å². The summed E-state index contributed by atoms with van der Waals surface area (Å²) in [5.74, 6) is 0. The molecule has 9 rings (SSSR count). The maximum Gasteiger partial charge on any atom is 0.0626 e. The van der Waals surface area contributed by atoms with Gasteiger partial charge in [0.05, 0.1) is 11.0 Å². The van der Waals surface area contributed by atoms with Crippen molar-refractivity contribution in [3.63, 3.8) is 0 Å². The Labute approximate surface area is 447 Å². The largest absolute Gasteiger partial charge is 0.388 e. The molecule has 7 aromatic rings. The van der Waals surface area contributed by atoms with Crippen LogP contribution in [0.3, 0.4) is 0 Å². The van der Waals surface area contributed by atoms with Crippen LogP contribution in [-0.2, 0) is 0 Å². The summed E-state index contributed by atoms with van der Waals surface area (Å²) in [6, 6.07) is 35.7. The molecule has 4 nitrogen and oxygen atoms in total. The molecule has 1 aliphatic carbocycles. The van der Waals surface area contributed by atoms with Gasteiger partial charge >= 0.3 is 0 Å². The van der Waals surface area contributed by atoms with E-state index >= 15 is 0 Å². The summed E-state index contributed by atoms with van der Waals surface area (Å²) in [6.07, 6.45) is 49.9. The van der Waals surface area contributed by atoms with E-state index in [0.29, 0.717) is 0 Å². The highest BCUT2D eigenvalue weighted by atomic mass is 15.2. The van der Waals surface area contributed by atoms with E-state index < -0.39 is 0 Å². The van der Waals surface area contributed by atoms with E-state index in [4.69, 9.17) is 0 Å². The zero-order chi connectivity index (χ0) is 53.1. The predicted octanol–water partition coefficient (Wildman–Crippen LogP) is 19.6. The number of hydrogen-bond donors (Lipinski definition) is 2. The molecule has 4 heteroatoms. The first-order valence-corrected chi connectivity index (χ1v) is 26.6. The summed E-state index contributed by atoms with van der Waals surface area (Å²) < 4.78 is 2.47. The second-order valence-corrected chi connectivity index (χ2v) is 17.8. The van der Waals surface area contributed by atoms with Crippen molar-refractivity contribution in [2.24, 2.45) is 0 Å². The molecule has 75 heavy (non-hydrogen) atoms. The minimum atomic E-state index is 0.874. The number of nitrogens with one attached hydrogen (secondary N) is 2. The maximum absolute atomic E-state index is 4.14. The summed E-state index contributed by atoms with van der Waals surface area (Å²) in [7, 11) is 1.95. The van der Waals surface area contributed by atoms with Gasteiger partial charge in [-0.3, -0.25) is 0 Å². The average Bonchev–Trinajstić information content (AvgIpc) is 3.80. The molecule has 2 aliphatic rings. The van der Waals surface area contributed by atoms with Crippen LogP contribution in [0.15, 0.2) is 260 Å². The van der Waals surface area contributed by atoms with Gasteiger partial charge in [0.1, 0.15) is 0 Å². The van der Waals surface area contributed by atoms with Crippen LogP contribution in [0.1, 0.15) is 84.4 Å². The average molecular weight is 983 g/mol. The Hall–Kier alpha value is -8.60. The highest BCUT2D eigenvalue weighted by molar-refractivity contribution is 6.39. The molecule has 1 aromatic heterocycles. The van der Waals surface area contributed by atoms with Crippen LogP contribution < -0.4 is 10.6 Å². The molecule has 2 heterocycles. The van der Waals surface area contributed by atoms with Crippen molar-refractivity contribution in [3.8, 4) is 5.69 Å². The lowest BCUT2D eigenvalue weighted by atomic mass is 9.83. The quantitative estimate of drug-likeness (QED) is 0.0892. The van der Waals surface area contributed by atoms with Gasteiger partial charge in [0, 0.05) is 74.5 Å². The minimum absolute atomic E-state index is 0.874. The van der Waals surface area contributed by atoms with Crippen molar-refractivity contribution in [2.45, 2.75) is 67.7 Å². The Bertz CT molecular complexity index is 3610. The highest BCUT2D eigenvalue weighted by Crippen LogP contribution is 2.49. The van der Waals surface area contributed by atoms with Gasteiger partial charge in [-0.15, -0.1) is 0 Å². The van der Waals surface area contributed by atoms with Crippen molar-refractivity contribution in [3.05, 3.63) is 277 Å². The number of hydrogen-bond acceptors (Lipinski definition) is 3. The van der Waals surface area contributed by atoms with Crippen molar-refractivity contribution in [2.75, 3.05) is 7.05 Å². The third kappa shape index (κ3) is 11.8. The van der Waals surface area contributed by atoms with Crippen molar-refractivity contribution >= 4 is 71.8 Å². The summed E-state index contributed by atoms with van der Waals surface area (Å²) >= 11 is 0. The van der Waals surface area contributed by atoms with Gasteiger partial charge in [0.25, 0.3) is 0 Å². The molecule has 1 aliphatic heterocycles. The fraction of sp³-hybridized carbons (Fsp3) is 0.155. The van der Waals surface area contributed by atoms with E-state index in [1.807, 2.05) is 52.2 Å². The number of allylic oxidation sites excluding steroid dienone is 21. The molecule has 0 amide bonds. The molecule has 378 valence electrons. The molecule has 0 saturated heterocycles. The number of rotatable bonds is 13. The number of likely N-dealkylation sites (N-methyl/N-ethyl adjacent to an activating group) is 1. The normalized spacial score (nSPS) is 16.9. The van der Waals surface area contributed by atoms with Crippen LogP contribution in [0.25, 0.3) is 77.5 Å². The van der Waals surface area contributed by atoms with Crippen LogP contribution in [0.4, 0.5) is 0 Å². The monoisotopic (exact) mass is 983 g/mol. The van der Waals surface area contributed by atoms with Gasteiger partial charge in [-0.05, 0) is 146 Å². The molecular formula is C71H74N4. The van der Waals surface area contributed by atoms with Crippen LogP contribution in [0.2, 0.25) is 0 Å². The molecule has 2 N–H and O–H groups in total. The molecular weight excluding hydrogens is 909 g/mol. The van der Waals surface area contributed by atoms with Crippen LogP contribution >= 0.6 is 0 Å². The van der Waals surface area contributed by atoms with Crippen LogP contribution in [-0.4, -0.2) is 16.5 Å². The zero-order valence-corrected chi connectivity index (χ0v) is 45.4. The summed E-state index contributed by atoms with van der Waals surface area (Å²) in [5.41, 5.74) is 13.3. The highest BCUT2D eigenvalue weighted by Gasteiger charge is 2.26. The van der Waals surface area contributed by atoms with E-state index in [-0.39, 0.29) is 0 Å². The minimum Gasteiger partial charge on any atom is -0.388 e. The first kappa shape index (κ1) is 54.2. The van der Waals surface area contributed by atoms with E-state index in [1.165, 1.54) is 67.1 Å². The van der Waals surface area contributed by atoms with Gasteiger partial charge in [0.15, 0.2) is 0 Å². The summed E-state index contributed by atoms with van der Waals surface area (Å²) in [5, 5.41) is 16.4. The van der Waals surface area contributed by atoms with Gasteiger partial charge in [-0.25, -0.2) is 0 Å². The molecule has 0 spiro atoms. The lowest BCUT2D eigenvalue weighted by Crippen LogP contribution is -2.19. The maximum atomic E-state index is 4.14. The van der Waals surface area contributed by atoms with Gasteiger partial charge in [0.2, 0.25) is 0 Å². The van der Waals surface area contributed by atoms with E-state index in [1.54, 1.807) is 0 Å². The topological polar surface area (TPSA) is 32.2 Å². The fourth-order valence-corrected chi connectivity index (χ4v) is 10.1. The van der Waals surface area contributed by atoms with Crippen molar-refractivity contribution in [1.82, 2.24) is 20.1 Å². The lowest BCUT2D eigenvalue weighted by Gasteiger charge is -2.28. The molecule has 0 bridgehead atoms. The Balaban J connectivity index is 0.000000742. The second-order valence-electron chi connectivity index (χ2n) is 17.8. The van der Waals surface area contributed by atoms with Crippen molar-refractivity contribution in [1.29, 1.82) is 0 Å². The Morgan fingerprint density at radius 1 is 0.693 bits per heavy atom. The molecule has 0 radical (unpaired) electrons. The number of fused-ring (bicyclic) bond motifs is 13. The smallest absolute Gasteiger partial charge is 0.0626 e.